The summed E-state index contributed by atoms with van der Waals surface area (Å²) in [5.41, 5.74) is 5.98. The van der Waals surface area contributed by atoms with E-state index in [9.17, 15) is 4.79 Å². The van der Waals surface area contributed by atoms with Crippen LogP contribution in [0.15, 0.2) is 78.9 Å². The van der Waals surface area contributed by atoms with Crippen LogP contribution in [-0.4, -0.2) is 16.7 Å². The van der Waals surface area contributed by atoms with Gasteiger partial charge in [0.2, 0.25) is 0 Å². The van der Waals surface area contributed by atoms with Gasteiger partial charge in [-0.25, -0.2) is 4.98 Å². The number of esters is 1. The number of ether oxygens (including phenoxy) is 1. The van der Waals surface area contributed by atoms with Crippen molar-refractivity contribution in [3.63, 3.8) is 0 Å². The number of carbonyl (C=O) groups is 1. The minimum Gasteiger partial charge on any atom is -0.455 e. The van der Waals surface area contributed by atoms with E-state index >= 15 is 0 Å². The van der Waals surface area contributed by atoms with Crippen molar-refractivity contribution >= 4 is 52.4 Å². The number of fused-ring (bicyclic) bond motifs is 1. The lowest BCUT2D eigenvalue weighted by Crippen LogP contribution is -2.25. The number of carbonyl (C=O) groups excluding carboxylic acids is 1. The molecule has 1 aliphatic rings. The molecule has 0 N–H and O–H groups in total. The molecule has 3 aromatic carbocycles. The fraction of sp³-hybridized carbons (Fsp3) is 0.314. The summed E-state index contributed by atoms with van der Waals surface area (Å²) >= 11 is 8.26. The van der Waals surface area contributed by atoms with Gasteiger partial charge in [-0.15, -0.1) is 0 Å². The van der Waals surface area contributed by atoms with Gasteiger partial charge in [0.15, 0.2) is 0 Å². The van der Waals surface area contributed by atoms with E-state index in [1.54, 1.807) is 0 Å². The fourth-order valence-electron chi connectivity index (χ4n) is 5.15. The van der Waals surface area contributed by atoms with Crippen LogP contribution in [0.5, 0.6) is 0 Å². The van der Waals surface area contributed by atoms with E-state index in [-0.39, 0.29) is 5.97 Å². The number of hydrogen-bond donors (Lipinski definition) is 0. The van der Waals surface area contributed by atoms with Gasteiger partial charge in [0.05, 0.1) is 11.2 Å². The summed E-state index contributed by atoms with van der Waals surface area (Å²) in [4.78, 5) is 16.5. The molecule has 40 heavy (non-hydrogen) atoms. The van der Waals surface area contributed by atoms with Crippen LogP contribution < -0.4 is 0 Å². The highest BCUT2D eigenvalue weighted by atomic mass is 35.5. The number of thioether (sulfide) groups is 1. The Kier molecular flexibility index (Phi) is 8.97. The maximum absolute atomic E-state index is 11.8. The number of pyridine rings is 1. The minimum absolute atomic E-state index is 0.259. The molecule has 1 aromatic heterocycles. The Balaban J connectivity index is 1.34. The summed E-state index contributed by atoms with van der Waals surface area (Å²) in [5, 5.41) is 2.16. The van der Waals surface area contributed by atoms with Gasteiger partial charge >= 0.3 is 5.97 Å². The van der Waals surface area contributed by atoms with Crippen LogP contribution in [0.2, 0.25) is 5.02 Å². The molecule has 1 fully saturated rings. The minimum atomic E-state index is -0.661. The molecule has 0 radical (unpaired) electrons. The first kappa shape index (κ1) is 28.4. The van der Waals surface area contributed by atoms with Crippen molar-refractivity contribution in [2.24, 2.45) is 5.92 Å². The first-order valence-electron chi connectivity index (χ1n) is 14.0. The second-order valence-corrected chi connectivity index (χ2v) is 12.8. The van der Waals surface area contributed by atoms with Crippen LogP contribution in [0.25, 0.3) is 23.1 Å². The van der Waals surface area contributed by atoms with E-state index in [4.69, 9.17) is 21.3 Å². The molecule has 0 aliphatic heterocycles. The van der Waals surface area contributed by atoms with Gasteiger partial charge in [0, 0.05) is 22.6 Å². The molecule has 0 bridgehead atoms. The number of nitrogens with zero attached hydrogens (tertiary/aromatic N) is 1. The number of halogens is 1. The molecule has 1 heterocycles. The third-order valence-corrected chi connectivity index (χ3v) is 9.18. The quantitative estimate of drug-likeness (QED) is 0.168. The fourth-order valence-corrected chi connectivity index (χ4v) is 6.78. The Morgan fingerprint density at radius 3 is 2.65 bits per heavy atom. The molecule has 5 rings (SSSR count). The highest BCUT2D eigenvalue weighted by molar-refractivity contribution is 7.99. The van der Waals surface area contributed by atoms with Crippen LogP contribution in [0.3, 0.4) is 0 Å². The molecule has 3 nitrogen and oxygen atoms in total. The lowest BCUT2D eigenvalue weighted by atomic mass is 9.90. The van der Waals surface area contributed by atoms with Crippen molar-refractivity contribution < 1.29 is 9.53 Å². The maximum atomic E-state index is 11.8. The summed E-state index contributed by atoms with van der Waals surface area (Å²) in [5.74, 6) is 1.80. The van der Waals surface area contributed by atoms with Crippen molar-refractivity contribution in [1.82, 2.24) is 4.98 Å². The number of rotatable bonds is 11. The molecular weight excluding hydrogens is 534 g/mol. The Morgan fingerprint density at radius 2 is 1.85 bits per heavy atom. The highest BCUT2D eigenvalue weighted by Crippen LogP contribution is 2.41. The first-order chi connectivity index (χ1) is 19.3. The number of benzene rings is 3. The number of hydrogen-bond acceptors (Lipinski definition) is 4. The Labute approximate surface area is 247 Å². The standard InChI is InChI=1S/C35H36ClNO2S/c1-24(38)39-35(2,3)32-10-5-4-8-27(32)16-20-34(40-23-26-11-12-26)29-9-6-7-25(21-29)13-18-31-19-15-28-14-17-30(36)22-33(28)37-31/h4-10,13-15,17-19,21-22,26,34H,11-12,16,20,23H2,1-3H3/b18-13+. The summed E-state index contributed by atoms with van der Waals surface area (Å²) in [6.45, 7) is 5.42. The molecule has 5 heteroatoms. The topological polar surface area (TPSA) is 39.2 Å². The Bertz CT molecular complexity index is 1530. The van der Waals surface area contributed by atoms with Crippen LogP contribution in [0.4, 0.5) is 0 Å². The zero-order valence-electron chi connectivity index (χ0n) is 23.4. The van der Waals surface area contributed by atoms with Gasteiger partial charge in [0.25, 0.3) is 0 Å². The third-order valence-electron chi connectivity index (χ3n) is 7.38. The third kappa shape index (κ3) is 7.56. The van der Waals surface area contributed by atoms with Gasteiger partial charge in [-0.3, -0.25) is 4.79 Å². The first-order valence-corrected chi connectivity index (χ1v) is 15.4. The second kappa shape index (κ2) is 12.6. The van der Waals surface area contributed by atoms with Crippen molar-refractivity contribution in [3.8, 4) is 0 Å². The molecule has 1 unspecified atom stereocenters. The monoisotopic (exact) mass is 569 g/mol. The Hall–Kier alpha value is -3.08. The summed E-state index contributed by atoms with van der Waals surface area (Å²) in [6.07, 6.45) is 8.86. The number of aromatic nitrogens is 1. The molecule has 206 valence electrons. The zero-order chi connectivity index (χ0) is 28.1. The maximum Gasteiger partial charge on any atom is 0.303 e. The summed E-state index contributed by atoms with van der Waals surface area (Å²) in [7, 11) is 0. The highest BCUT2D eigenvalue weighted by Gasteiger charge is 2.27. The predicted molar refractivity (Wildman–Crippen MR) is 170 cm³/mol. The predicted octanol–water partition coefficient (Wildman–Crippen LogP) is 9.67. The van der Waals surface area contributed by atoms with Gasteiger partial charge in [-0.05, 0) is 97.7 Å². The SMILES string of the molecule is CC(=O)OC(C)(C)c1ccccc1CCC(SCC1CC1)c1cccc(/C=C/c2ccc3ccc(Cl)cc3n2)c1. The average Bonchev–Trinajstić information content (AvgIpc) is 3.76. The lowest BCUT2D eigenvalue weighted by Gasteiger charge is -2.28. The van der Waals surface area contributed by atoms with E-state index in [0.717, 1.165) is 40.9 Å². The van der Waals surface area contributed by atoms with E-state index in [2.05, 4.69) is 72.4 Å². The molecule has 0 spiro atoms. The summed E-state index contributed by atoms with van der Waals surface area (Å²) in [6, 6.07) is 27.2. The molecule has 0 saturated heterocycles. The number of aryl methyl sites for hydroxylation is 1. The molecule has 1 aliphatic carbocycles. The average molecular weight is 570 g/mol. The molecule has 1 saturated carbocycles. The van der Waals surface area contributed by atoms with Crippen LogP contribution in [-0.2, 0) is 21.6 Å². The van der Waals surface area contributed by atoms with Crippen LogP contribution >= 0.6 is 23.4 Å². The van der Waals surface area contributed by atoms with E-state index in [1.165, 1.54) is 42.2 Å². The normalized spacial score (nSPS) is 14.5. The molecule has 4 aromatic rings. The molecule has 1 atom stereocenters. The van der Waals surface area contributed by atoms with Crippen LogP contribution in [0, 0.1) is 5.92 Å². The van der Waals surface area contributed by atoms with Crippen molar-refractivity contribution in [2.45, 2.75) is 57.3 Å². The largest absolute Gasteiger partial charge is 0.455 e. The van der Waals surface area contributed by atoms with E-state index in [0.29, 0.717) is 10.3 Å². The molecule has 0 amide bonds. The lowest BCUT2D eigenvalue weighted by molar-refractivity contribution is -0.154. The second-order valence-electron chi connectivity index (χ2n) is 11.1. The van der Waals surface area contributed by atoms with E-state index < -0.39 is 5.60 Å². The van der Waals surface area contributed by atoms with Gasteiger partial charge < -0.3 is 4.74 Å². The van der Waals surface area contributed by atoms with Crippen molar-refractivity contribution in [2.75, 3.05) is 5.75 Å². The van der Waals surface area contributed by atoms with E-state index in [1.807, 2.05) is 44.2 Å². The van der Waals surface area contributed by atoms with Gasteiger partial charge in [-0.1, -0.05) is 78.3 Å². The Morgan fingerprint density at radius 1 is 1.05 bits per heavy atom. The van der Waals surface area contributed by atoms with Gasteiger partial charge in [-0.2, -0.15) is 11.8 Å². The van der Waals surface area contributed by atoms with Crippen molar-refractivity contribution in [3.05, 3.63) is 112 Å². The van der Waals surface area contributed by atoms with Crippen LogP contribution in [0.1, 0.15) is 73.2 Å². The molecular formula is C35H36ClNO2S. The summed E-state index contributed by atoms with van der Waals surface area (Å²) < 4.78 is 5.69. The van der Waals surface area contributed by atoms with Crippen molar-refractivity contribution in [1.29, 1.82) is 0 Å². The smallest absolute Gasteiger partial charge is 0.303 e. The van der Waals surface area contributed by atoms with Gasteiger partial charge in [0.1, 0.15) is 5.60 Å². The zero-order valence-corrected chi connectivity index (χ0v) is 25.0.